The Labute approximate surface area is 81.2 Å². The maximum absolute atomic E-state index is 12.7. The highest BCUT2D eigenvalue weighted by atomic mass is 19.1. The maximum Gasteiger partial charge on any atom is 0.124 e. The molecule has 0 amide bonds. The quantitative estimate of drug-likeness (QED) is 0.226. The van der Waals surface area contributed by atoms with Crippen molar-refractivity contribution in [1.82, 2.24) is 0 Å². The van der Waals surface area contributed by atoms with Crippen LogP contribution in [0.15, 0.2) is 29.4 Å². The second-order valence-corrected chi connectivity index (χ2v) is 2.52. The van der Waals surface area contributed by atoms with Crippen molar-refractivity contribution in [2.45, 2.75) is 6.42 Å². The van der Waals surface area contributed by atoms with E-state index in [-0.39, 0.29) is 5.82 Å². The summed E-state index contributed by atoms with van der Waals surface area (Å²) >= 11 is 0. The third-order valence-corrected chi connectivity index (χ3v) is 1.46. The van der Waals surface area contributed by atoms with Crippen LogP contribution in [0.1, 0.15) is 12.0 Å². The van der Waals surface area contributed by atoms with Gasteiger partial charge in [-0.15, -0.1) is 0 Å². The predicted molar refractivity (Wildman–Crippen MR) is 51.9 cm³/mol. The fraction of sp³-hybridized carbons (Fsp3) is 0.200. The first-order chi connectivity index (χ1) is 6.83. The SMILES string of the molecule is [N-]=[N+]=NCCC#Cc1cccc(F)c1. The molecule has 0 aliphatic heterocycles. The second-order valence-electron chi connectivity index (χ2n) is 2.52. The Morgan fingerprint density at radius 1 is 1.50 bits per heavy atom. The van der Waals surface area contributed by atoms with Gasteiger partial charge >= 0.3 is 0 Å². The number of hydrogen-bond acceptors (Lipinski definition) is 1. The summed E-state index contributed by atoms with van der Waals surface area (Å²) in [5.41, 5.74) is 8.61. The second kappa shape index (κ2) is 5.63. The molecule has 0 atom stereocenters. The van der Waals surface area contributed by atoms with Crippen molar-refractivity contribution in [2.75, 3.05) is 6.54 Å². The van der Waals surface area contributed by atoms with Gasteiger partial charge in [0.25, 0.3) is 0 Å². The molecule has 0 saturated carbocycles. The summed E-state index contributed by atoms with van der Waals surface area (Å²) < 4.78 is 12.7. The summed E-state index contributed by atoms with van der Waals surface area (Å²) in [6.45, 7) is 0.346. The highest BCUT2D eigenvalue weighted by Gasteiger charge is 1.88. The Hall–Kier alpha value is -1.98. The molecule has 0 aliphatic carbocycles. The maximum atomic E-state index is 12.7. The molecule has 0 radical (unpaired) electrons. The summed E-state index contributed by atoms with van der Waals surface area (Å²) in [6, 6.07) is 6.06. The van der Waals surface area contributed by atoms with E-state index in [2.05, 4.69) is 21.9 Å². The highest BCUT2D eigenvalue weighted by Crippen LogP contribution is 2.01. The molecule has 0 heterocycles. The van der Waals surface area contributed by atoms with Crippen LogP contribution in [0.25, 0.3) is 10.4 Å². The first kappa shape index (κ1) is 10.1. The first-order valence-corrected chi connectivity index (χ1v) is 4.08. The van der Waals surface area contributed by atoms with E-state index in [1.54, 1.807) is 12.1 Å². The van der Waals surface area contributed by atoms with Crippen LogP contribution in [-0.4, -0.2) is 6.54 Å². The van der Waals surface area contributed by atoms with E-state index in [1.165, 1.54) is 12.1 Å². The lowest BCUT2D eigenvalue weighted by Crippen LogP contribution is -1.78. The Morgan fingerprint density at radius 2 is 2.36 bits per heavy atom. The Bertz CT molecular complexity index is 411. The van der Waals surface area contributed by atoms with Gasteiger partial charge < -0.3 is 0 Å². The molecule has 1 aromatic carbocycles. The normalized spacial score (nSPS) is 8.36. The predicted octanol–water partition coefficient (Wildman–Crippen LogP) is 2.88. The van der Waals surface area contributed by atoms with Gasteiger partial charge in [0.2, 0.25) is 0 Å². The Morgan fingerprint density at radius 3 is 3.07 bits per heavy atom. The fourth-order valence-corrected chi connectivity index (χ4v) is 0.881. The lowest BCUT2D eigenvalue weighted by Gasteiger charge is -1.88. The van der Waals surface area contributed by atoms with Crippen LogP contribution < -0.4 is 0 Å². The van der Waals surface area contributed by atoms with Crippen molar-refractivity contribution in [3.8, 4) is 11.8 Å². The third kappa shape index (κ3) is 3.61. The zero-order valence-electron chi connectivity index (χ0n) is 7.44. The van der Waals surface area contributed by atoms with Crippen molar-refractivity contribution in [3.63, 3.8) is 0 Å². The largest absolute Gasteiger partial charge is 0.207 e. The monoisotopic (exact) mass is 189 g/mol. The number of hydrogen-bond donors (Lipinski definition) is 0. The summed E-state index contributed by atoms with van der Waals surface area (Å²) in [6.07, 6.45) is 0.487. The van der Waals surface area contributed by atoms with Gasteiger partial charge in [-0.25, -0.2) is 4.39 Å². The molecule has 1 aromatic rings. The van der Waals surface area contributed by atoms with Crippen LogP contribution >= 0.6 is 0 Å². The molecule has 0 unspecified atom stereocenters. The van der Waals surface area contributed by atoms with Gasteiger partial charge in [-0.2, -0.15) is 0 Å². The van der Waals surface area contributed by atoms with Crippen molar-refractivity contribution in [3.05, 3.63) is 46.1 Å². The minimum absolute atomic E-state index is 0.299. The molecule has 0 aromatic heterocycles. The summed E-state index contributed by atoms with van der Waals surface area (Å²) in [5, 5.41) is 3.32. The van der Waals surface area contributed by atoms with Crippen LogP contribution in [0.3, 0.4) is 0 Å². The minimum Gasteiger partial charge on any atom is -0.207 e. The zero-order valence-corrected chi connectivity index (χ0v) is 7.44. The molecule has 0 spiro atoms. The summed E-state index contributed by atoms with van der Waals surface area (Å²) in [5.74, 6) is 5.25. The van der Waals surface area contributed by atoms with Crippen LogP contribution in [0.4, 0.5) is 4.39 Å². The van der Waals surface area contributed by atoms with Gasteiger partial charge in [-0.3, -0.25) is 0 Å². The molecule has 4 heteroatoms. The van der Waals surface area contributed by atoms with Crippen molar-refractivity contribution >= 4 is 0 Å². The van der Waals surface area contributed by atoms with Gasteiger partial charge in [0, 0.05) is 23.4 Å². The van der Waals surface area contributed by atoms with Gasteiger partial charge in [0.15, 0.2) is 0 Å². The van der Waals surface area contributed by atoms with E-state index in [9.17, 15) is 4.39 Å². The van der Waals surface area contributed by atoms with E-state index in [4.69, 9.17) is 5.53 Å². The molecular weight excluding hydrogens is 181 g/mol. The Kier molecular flexibility index (Phi) is 4.06. The van der Waals surface area contributed by atoms with E-state index in [0.29, 0.717) is 18.5 Å². The highest BCUT2D eigenvalue weighted by molar-refractivity contribution is 5.34. The topological polar surface area (TPSA) is 48.8 Å². The fourth-order valence-electron chi connectivity index (χ4n) is 0.881. The van der Waals surface area contributed by atoms with Crippen LogP contribution in [-0.2, 0) is 0 Å². The lowest BCUT2D eigenvalue weighted by atomic mass is 10.2. The molecule has 1 rings (SSSR count). The molecule has 0 bridgehead atoms. The van der Waals surface area contributed by atoms with Crippen molar-refractivity contribution in [1.29, 1.82) is 0 Å². The number of benzene rings is 1. The summed E-state index contributed by atoms with van der Waals surface area (Å²) in [7, 11) is 0. The smallest absolute Gasteiger partial charge is 0.124 e. The summed E-state index contributed by atoms with van der Waals surface area (Å²) in [4.78, 5) is 2.59. The van der Waals surface area contributed by atoms with E-state index in [0.717, 1.165) is 0 Å². The standard InChI is InChI=1S/C10H8FN3/c11-10-6-3-5-9(8-10)4-1-2-7-13-14-12/h3,5-6,8H,2,7H2. The number of azide groups is 1. The molecule has 0 N–H and O–H groups in total. The van der Waals surface area contributed by atoms with Crippen molar-refractivity contribution < 1.29 is 4.39 Å². The number of rotatable bonds is 2. The first-order valence-electron chi connectivity index (χ1n) is 4.08. The molecule has 14 heavy (non-hydrogen) atoms. The van der Waals surface area contributed by atoms with Gasteiger partial charge in [-0.05, 0) is 23.7 Å². The molecular formula is C10H8FN3. The molecule has 3 nitrogen and oxygen atoms in total. The third-order valence-electron chi connectivity index (χ3n) is 1.46. The lowest BCUT2D eigenvalue weighted by molar-refractivity contribution is 0.627. The molecule has 0 aliphatic rings. The zero-order chi connectivity index (χ0) is 10.2. The van der Waals surface area contributed by atoms with E-state index >= 15 is 0 Å². The van der Waals surface area contributed by atoms with Crippen molar-refractivity contribution in [2.24, 2.45) is 5.11 Å². The molecule has 0 saturated heterocycles. The van der Waals surface area contributed by atoms with E-state index < -0.39 is 0 Å². The number of nitrogens with zero attached hydrogens (tertiary/aromatic N) is 3. The minimum atomic E-state index is -0.299. The van der Waals surface area contributed by atoms with Crippen LogP contribution in [0.2, 0.25) is 0 Å². The average Bonchev–Trinajstić information content (AvgIpc) is 2.18. The van der Waals surface area contributed by atoms with Gasteiger partial charge in [0.1, 0.15) is 5.82 Å². The number of halogens is 1. The van der Waals surface area contributed by atoms with E-state index in [1.807, 2.05) is 0 Å². The van der Waals surface area contributed by atoms with Crippen LogP contribution in [0.5, 0.6) is 0 Å². The van der Waals surface area contributed by atoms with Crippen LogP contribution in [0, 0.1) is 17.7 Å². The Balaban J connectivity index is 2.54. The van der Waals surface area contributed by atoms with Gasteiger partial charge in [-0.1, -0.05) is 23.0 Å². The molecule has 0 fully saturated rings. The average molecular weight is 189 g/mol. The van der Waals surface area contributed by atoms with Gasteiger partial charge in [0.05, 0.1) is 0 Å². The molecule has 70 valence electrons.